The van der Waals surface area contributed by atoms with Crippen LogP contribution in [0.4, 0.5) is 0 Å². The lowest BCUT2D eigenvalue weighted by Gasteiger charge is -2.06. The zero-order valence-corrected chi connectivity index (χ0v) is 6.13. The van der Waals surface area contributed by atoms with Gasteiger partial charge in [-0.15, -0.1) is 6.42 Å². The largest absolute Gasteiger partial charge is 0.461 e. The second-order valence-corrected chi connectivity index (χ2v) is 2.62. The first kappa shape index (κ1) is 7.14. The molecular formula is C8H10O2. The van der Waals surface area contributed by atoms with Crippen molar-refractivity contribution in [1.82, 2.24) is 0 Å². The Morgan fingerprint density at radius 2 is 2.20 bits per heavy atom. The lowest BCUT2D eigenvalue weighted by Crippen LogP contribution is -2.13. The van der Waals surface area contributed by atoms with E-state index >= 15 is 0 Å². The molecule has 1 aliphatic heterocycles. The first-order valence-electron chi connectivity index (χ1n) is 3.33. The third-order valence-electron chi connectivity index (χ3n) is 1.91. The molecule has 1 saturated heterocycles. The molecule has 1 fully saturated rings. The number of carbonyl (C=O) groups excluding carboxylic acids is 1. The van der Waals surface area contributed by atoms with E-state index in [4.69, 9.17) is 11.2 Å². The Morgan fingerprint density at radius 1 is 1.60 bits per heavy atom. The molecule has 0 aromatic heterocycles. The number of esters is 1. The van der Waals surface area contributed by atoms with E-state index < -0.39 is 0 Å². The van der Waals surface area contributed by atoms with E-state index in [9.17, 15) is 4.79 Å². The van der Waals surface area contributed by atoms with Crippen molar-refractivity contribution in [3.05, 3.63) is 0 Å². The summed E-state index contributed by atoms with van der Waals surface area (Å²) in [5.41, 5.74) is 0. The maximum atomic E-state index is 10.8. The number of hydrogen-bond acceptors (Lipinski definition) is 2. The smallest absolute Gasteiger partial charge is 0.310 e. The maximum absolute atomic E-state index is 10.8. The molecule has 0 aliphatic carbocycles. The first-order valence-corrected chi connectivity index (χ1v) is 3.33. The minimum atomic E-state index is -0.171. The normalized spacial score (nSPS) is 38.9. The van der Waals surface area contributed by atoms with E-state index in [1.54, 1.807) is 6.92 Å². The highest BCUT2D eigenvalue weighted by atomic mass is 16.6. The Kier molecular flexibility index (Phi) is 1.67. The lowest BCUT2D eigenvalue weighted by atomic mass is 9.94. The molecule has 2 heteroatoms. The first-order chi connectivity index (χ1) is 4.66. The number of carbonyl (C=O) groups is 1. The topological polar surface area (TPSA) is 26.3 Å². The maximum Gasteiger partial charge on any atom is 0.310 e. The summed E-state index contributed by atoms with van der Waals surface area (Å²) in [4.78, 5) is 10.8. The summed E-state index contributed by atoms with van der Waals surface area (Å²) in [7, 11) is 0. The molecule has 3 atom stereocenters. The SMILES string of the molecule is C#CC1C(C)OC(=O)C1C. The van der Waals surface area contributed by atoms with Gasteiger partial charge in [-0.25, -0.2) is 0 Å². The van der Waals surface area contributed by atoms with Crippen LogP contribution in [-0.4, -0.2) is 12.1 Å². The molecule has 0 radical (unpaired) electrons. The summed E-state index contributed by atoms with van der Waals surface area (Å²) >= 11 is 0. The van der Waals surface area contributed by atoms with Gasteiger partial charge >= 0.3 is 5.97 Å². The van der Waals surface area contributed by atoms with Gasteiger partial charge in [0.2, 0.25) is 0 Å². The highest BCUT2D eigenvalue weighted by Gasteiger charge is 2.37. The van der Waals surface area contributed by atoms with E-state index in [0.717, 1.165) is 0 Å². The van der Waals surface area contributed by atoms with Crippen molar-refractivity contribution in [3.63, 3.8) is 0 Å². The molecule has 1 rings (SSSR count). The highest BCUT2D eigenvalue weighted by molar-refractivity contribution is 5.75. The fourth-order valence-corrected chi connectivity index (χ4v) is 1.20. The molecule has 54 valence electrons. The number of cyclic esters (lactones) is 1. The van der Waals surface area contributed by atoms with Crippen LogP contribution in [0.5, 0.6) is 0 Å². The van der Waals surface area contributed by atoms with Gasteiger partial charge in [0.05, 0.1) is 11.8 Å². The zero-order valence-electron chi connectivity index (χ0n) is 6.13. The Balaban J connectivity index is 2.76. The van der Waals surface area contributed by atoms with Crippen LogP contribution in [0.2, 0.25) is 0 Å². The van der Waals surface area contributed by atoms with Crippen LogP contribution in [0.3, 0.4) is 0 Å². The third-order valence-corrected chi connectivity index (χ3v) is 1.91. The number of ether oxygens (including phenoxy) is 1. The number of rotatable bonds is 0. The zero-order chi connectivity index (χ0) is 7.72. The van der Waals surface area contributed by atoms with Gasteiger partial charge in [0, 0.05) is 0 Å². The van der Waals surface area contributed by atoms with Crippen LogP contribution < -0.4 is 0 Å². The van der Waals surface area contributed by atoms with Gasteiger partial charge in [-0.05, 0) is 6.92 Å². The van der Waals surface area contributed by atoms with Crippen molar-refractivity contribution in [3.8, 4) is 12.3 Å². The monoisotopic (exact) mass is 138 g/mol. The van der Waals surface area contributed by atoms with Crippen LogP contribution >= 0.6 is 0 Å². The standard InChI is InChI=1S/C8H10O2/c1-4-7-5(2)8(9)10-6(7)3/h1,5-7H,2-3H3. The second-order valence-electron chi connectivity index (χ2n) is 2.62. The molecule has 10 heavy (non-hydrogen) atoms. The summed E-state index contributed by atoms with van der Waals surface area (Å²) in [6.45, 7) is 3.63. The van der Waals surface area contributed by atoms with Crippen LogP contribution in [0, 0.1) is 24.2 Å². The van der Waals surface area contributed by atoms with Crippen molar-refractivity contribution in [2.24, 2.45) is 11.8 Å². The molecule has 0 amide bonds. The molecule has 0 aromatic rings. The summed E-state index contributed by atoms with van der Waals surface area (Å²) in [5, 5.41) is 0. The summed E-state index contributed by atoms with van der Waals surface area (Å²) in [5.74, 6) is 2.22. The third kappa shape index (κ3) is 0.881. The second kappa shape index (κ2) is 2.34. The van der Waals surface area contributed by atoms with Gasteiger partial charge in [-0.3, -0.25) is 4.79 Å². The molecule has 2 nitrogen and oxygen atoms in total. The van der Waals surface area contributed by atoms with E-state index in [1.165, 1.54) is 0 Å². The molecule has 0 bridgehead atoms. The van der Waals surface area contributed by atoms with Crippen molar-refractivity contribution >= 4 is 5.97 Å². The lowest BCUT2D eigenvalue weighted by molar-refractivity contribution is -0.143. The molecule has 0 aromatic carbocycles. The van der Waals surface area contributed by atoms with Gasteiger partial charge < -0.3 is 4.74 Å². The Bertz CT molecular complexity index is 190. The Labute approximate surface area is 60.6 Å². The van der Waals surface area contributed by atoms with Gasteiger partial charge in [-0.1, -0.05) is 12.8 Å². The minimum Gasteiger partial charge on any atom is -0.461 e. The fourth-order valence-electron chi connectivity index (χ4n) is 1.20. The molecular weight excluding hydrogens is 128 g/mol. The number of terminal acetylenes is 1. The Hall–Kier alpha value is -0.970. The number of hydrogen-bond donors (Lipinski definition) is 0. The summed E-state index contributed by atoms with van der Waals surface area (Å²) in [6.07, 6.45) is 5.09. The van der Waals surface area contributed by atoms with E-state index in [2.05, 4.69) is 5.92 Å². The quantitative estimate of drug-likeness (QED) is 0.366. The molecule has 0 N–H and O–H groups in total. The average molecular weight is 138 g/mol. The van der Waals surface area contributed by atoms with E-state index in [1.807, 2.05) is 6.92 Å². The minimum absolute atomic E-state index is 0.0347. The van der Waals surface area contributed by atoms with Crippen molar-refractivity contribution < 1.29 is 9.53 Å². The van der Waals surface area contributed by atoms with Crippen LogP contribution in [0.25, 0.3) is 0 Å². The summed E-state index contributed by atoms with van der Waals surface area (Å²) in [6, 6.07) is 0. The van der Waals surface area contributed by atoms with E-state index in [0.29, 0.717) is 0 Å². The Morgan fingerprint density at radius 3 is 2.40 bits per heavy atom. The van der Waals surface area contributed by atoms with Crippen molar-refractivity contribution in [2.75, 3.05) is 0 Å². The summed E-state index contributed by atoms with van der Waals surface area (Å²) < 4.78 is 4.90. The van der Waals surface area contributed by atoms with Crippen LogP contribution in [0.1, 0.15) is 13.8 Å². The van der Waals surface area contributed by atoms with Gasteiger partial charge in [0.15, 0.2) is 0 Å². The van der Waals surface area contributed by atoms with Gasteiger partial charge in [0.25, 0.3) is 0 Å². The molecule has 0 saturated carbocycles. The molecule has 1 aliphatic rings. The molecule has 1 heterocycles. The predicted octanol–water partition coefficient (Wildman–Crippen LogP) is 0.817. The van der Waals surface area contributed by atoms with Gasteiger partial charge in [0.1, 0.15) is 6.10 Å². The fraction of sp³-hybridized carbons (Fsp3) is 0.625. The predicted molar refractivity (Wildman–Crippen MR) is 37.0 cm³/mol. The highest BCUT2D eigenvalue weighted by Crippen LogP contribution is 2.26. The van der Waals surface area contributed by atoms with Gasteiger partial charge in [-0.2, -0.15) is 0 Å². The van der Waals surface area contributed by atoms with Crippen LogP contribution in [0.15, 0.2) is 0 Å². The van der Waals surface area contributed by atoms with E-state index in [-0.39, 0.29) is 23.9 Å². The van der Waals surface area contributed by atoms with Crippen LogP contribution in [-0.2, 0) is 9.53 Å². The molecule has 0 spiro atoms. The van der Waals surface area contributed by atoms with Crippen molar-refractivity contribution in [1.29, 1.82) is 0 Å². The average Bonchev–Trinajstić information content (AvgIpc) is 2.09. The van der Waals surface area contributed by atoms with Crippen molar-refractivity contribution in [2.45, 2.75) is 20.0 Å². The molecule has 3 unspecified atom stereocenters.